The maximum atomic E-state index is 11.4. The Morgan fingerprint density at radius 1 is 1.53 bits per heavy atom. The van der Waals surface area contributed by atoms with E-state index in [2.05, 4.69) is 19.7 Å². The van der Waals surface area contributed by atoms with Gasteiger partial charge in [-0.15, -0.1) is 0 Å². The minimum atomic E-state index is -1.68. The Bertz CT molecular complexity index is 649. The molecule has 9 heteroatoms. The summed E-state index contributed by atoms with van der Waals surface area (Å²) in [6, 6.07) is 0. The van der Waals surface area contributed by atoms with E-state index >= 15 is 0 Å². The number of hydrogen-bond acceptors (Lipinski definition) is 7. The van der Waals surface area contributed by atoms with Crippen molar-refractivity contribution in [2.75, 3.05) is 7.11 Å². The maximum absolute atomic E-state index is 11.4. The Hall–Kier alpha value is -2.26. The molecule has 0 aliphatic rings. The second-order valence-corrected chi connectivity index (χ2v) is 3.84. The van der Waals surface area contributed by atoms with Crippen molar-refractivity contribution in [3.8, 4) is 0 Å². The monoisotopic (exact) mass is 268 g/mol. The fraction of sp³-hybridized carbons (Fsp3) is 0.400. The molecule has 0 radical (unpaired) electrons. The Morgan fingerprint density at radius 2 is 2.26 bits per heavy atom. The van der Waals surface area contributed by atoms with Crippen LogP contribution in [-0.4, -0.2) is 55.0 Å². The van der Waals surface area contributed by atoms with E-state index in [-0.39, 0.29) is 17.7 Å². The molecule has 0 aliphatic heterocycles. The number of fused-ring (bicyclic) bond motifs is 1. The molecule has 0 aliphatic carbocycles. The van der Waals surface area contributed by atoms with Gasteiger partial charge in [0.15, 0.2) is 17.3 Å². The van der Waals surface area contributed by atoms with Gasteiger partial charge in [0, 0.05) is 0 Å². The van der Waals surface area contributed by atoms with Crippen LogP contribution in [0.2, 0.25) is 0 Å². The van der Waals surface area contributed by atoms with E-state index in [0.29, 0.717) is 0 Å². The van der Waals surface area contributed by atoms with Crippen LogP contribution in [0.25, 0.3) is 11.2 Å². The number of aliphatic hydroxyl groups is 2. The molecule has 3 N–H and O–H groups in total. The number of rotatable bonds is 4. The molecule has 2 aromatic rings. The lowest BCUT2D eigenvalue weighted by Gasteiger charge is -2.16. The van der Waals surface area contributed by atoms with Gasteiger partial charge in [0.05, 0.1) is 26.3 Å². The number of hydrogen-bond donors (Lipinski definition) is 3. The lowest BCUT2D eigenvalue weighted by molar-refractivity contribution is -0.157. The fourth-order valence-electron chi connectivity index (χ4n) is 1.60. The summed E-state index contributed by atoms with van der Waals surface area (Å²) in [5.41, 5.74) is -0.0473. The van der Waals surface area contributed by atoms with E-state index in [1.54, 1.807) is 0 Å². The second kappa shape index (κ2) is 5.16. The van der Waals surface area contributed by atoms with Crippen LogP contribution in [0.1, 0.15) is 0 Å². The number of aromatic amines is 1. The van der Waals surface area contributed by atoms with Crippen LogP contribution in [0.3, 0.4) is 0 Å². The van der Waals surface area contributed by atoms with Crippen molar-refractivity contribution in [2.45, 2.75) is 18.8 Å². The number of imidazole rings is 1. The van der Waals surface area contributed by atoms with E-state index in [1.807, 2.05) is 0 Å². The zero-order chi connectivity index (χ0) is 14.0. The van der Waals surface area contributed by atoms with Gasteiger partial charge in [-0.3, -0.25) is 4.79 Å². The van der Waals surface area contributed by atoms with Crippen LogP contribution in [0.15, 0.2) is 17.4 Å². The van der Waals surface area contributed by atoms with Crippen molar-refractivity contribution in [3.63, 3.8) is 0 Å². The first-order chi connectivity index (χ1) is 9.04. The van der Waals surface area contributed by atoms with Crippen molar-refractivity contribution in [2.24, 2.45) is 0 Å². The predicted octanol–water partition coefficient (Wildman–Crippen LogP) is -1.99. The van der Waals surface area contributed by atoms with Gasteiger partial charge in [-0.1, -0.05) is 0 Å². The molecule has 2 atom stereocenters. The smallest absolute Gasteiger partial charge is 0.337 e. The SMILES string of the molecule is COC(=O)[C@H](O)[C@H](O)Cn1cnc2c(=O)[nH]cnc21. The highest BCUT2D eigenvalue weighted by Crippen LogP contribution is 2.07. The zero-order valence-electron chi connectivity index (χ0n) is 9.98. The normalized spacial score (nSPS) is 14.3. The lowest BCUT2D eigenvalue weighted by atomic mass is 10.2. The third kappa shape index (κ3) is 2.46. The minimum Gasteiger partial charge on any atom is -0.467 e. The molecule has 0 saturated heterocycles. The molecule has 0 amide bonds. The predicted molar refractivity (Wildman–Crippen MR) is 62.2 cm³/mol. The van der Waals surface area contributed by atoms with Crippen LogP contribution < -0.4 is 5.56 Å². The number of nitrogens with one attached hydrogen (secondary N) is 1. The van der Waals surface area contributed by atoms with Gasteiger partial charge in [-0.2, -0.15) is 0 Å². The lowest BCUT2D eigenvalue weighted by Crippen LogP contribution is -2.37. The van der Waals surface area contributed by atoms with Gasteiger partial charge >= 0.3 is 5.97 Å². The summed E-state index contributed by atoms with van der Waals surface area (Å²) in [4.78, 5) is 32.6. The number of carbonyl (C=O) groups excluding carboxylic acids is 1. The molecule has 102 valence electrons. The van der Waals surface area contributed by atoms with Crippen LogP contribution >= 0.6 is 0 Å². The third-order valence-corrected chi connectivity index (χ3v) is 2.60. The molecule has 0 bridgehead atoms. The van der Waals surface area contributed by atoms with E-state index in [0.717, 1.165) is 7.11 Å². The molecule has 19 heavy (non-hydrogen) atoms. The summed E-state index contributed by atoms with van der Waals surface area (Å²) in [6.07, 6.45) is -0.582. The largest absolute Gasteiger partial charge is 0.467 e. The maximum Gasteiger partial charge on any atom is 0.337 e. The number of methoxy groups -OCH3 is 1. The second-order valence-electron chi connectivity index (χ2n) is 3.84. The third-order valence-electron chi connectivity index (χ3n) is 2.60. The van der Waals surface area contributed by atoms with Crippen molar-refractivity contribution >= 4 is 17.1 Å². The highest BCUT2D eigenvalue weighted by atomic mass is 16.5. The van der Waals surface area contributed by atoms with Gasteiger partial charge < -0.3 is 24.5 Å². The number of ether oxygens (including phenoxy) is 1. The highest BCUT2D eigenvalue weighted by molar-refractivity contribution is 5.75. The molecule has 0 unspecified atom stereocenters. The molecular formula is C10H12N4O5. The van der Waals surface area contributed by atoms with Gasteiger partial charge in [0.1, 0.15) is 6.10 Å². The molecule has 0 saturated carbocycles. The van der Waals surface area contributed by atoms with E-state index in [9.17, 15) is 19.8 Å². The first kappa shape index (κ1) is 13.2. The first-order valence-electron chi connectivity index (χ1n) is 5.37. The summed E-state index contributed by atoms with van der Waals surface area (Å²) < 4.78 is 5.68. The van der Waals surface area contributed by atoms with Crippen molar-refractivity contribution in [1.29, 1.82) is 0 Å². The van der Waals surface area contributed by atoms with Crippen LogP contribution in [0.4, 0.5) is 0 Å². The Morgan fingerprint density at radius 3 is 2.95 bits per heavy atom. The molecular weight excluding hydrogens is 256 g/mol. The summed E-state index contributed by atoms with van der Waals surface area (Å²) in [5, 5.41) is 19.2. The van der Waals surface area contributed by atoms with Gasteiger partial charge in [-0.25, -0.2) is 14.8 Å². The van der Waals surface area contributed by atoms with Gasteiger partial charge in [0.2, 0.25) is 0 Å². The minimum absolute atomic E-state index is 0.113. The quantitative estimate of drug-likeness (QED) is 0.547. The highest BCUT2D eigenvalue weighted by Gasteiger charge is 2.26. The molecule has 9 nitrogen and oxygen atoms in total. The summed E-state index contributed by atoms with van der Waals surface area (Å²) in [6.45, 7) is -0.150. The standard InChI is InChI=1S/C10H12N4O5/c1-19-10(18)7(16)5(15)2-14-4-13-6-8(14)11-3-12-9(6)17/h3-5,7,15-16H,2H2,1H3,(H,11,12,17)/t5-,7-/m1/s1. The number of nitrogens with zero attached hydrogens (tertiary/aromatic N) is 3. The van der Waals surface area contributed by atoms with Crippen LogP contribution in [0, 0.1) is 0 Å². The zero-order valence-corrected chi connectivity index (χ0v) is 9.98. The number of H-pyrrole nitrogens is 1. The summed E-state index contributed by atoms with van der Waals surface area (Å²) in [7, 11) is 1.10. The average molecular weight is 268 g/mol. The number of esters is 1. The van der Waals surface area contributed by atoms with Gasteiger partial charge in [0.25, 0.3) is 5.56 Å². The van der Waals surface area contributed by atoms with Crippen LogP contribution in [-0.2, 0) is 16.1 Å². The molecule has 0 aromatic carbocycles. The topological polar surface area (TPSA) is 130 Å². The Balaban J connectivity index is 2.25. The average Bonchev–Trinajstić information content (AvgIpc) is 2.81. The van der Waals surface area contributed by atoms with Crippen molar-refractivity contribution in [3.05, 3.63) is 23.0 Å². The van der Waals surface area contributed by atoms with Crippen molar-refractivity contribution < 1.29 is 19.7 Å². The summed E-state index contributed by atoms with van der Waals surface area (Å²) >= 11 is 0. The fourth-order valence-corrected chi connectivity index (χ4v) is 1.60. The van der Waals surface area contributed by atoms with E-state index < -0.39 is 23.7 Å². The van der Waals surface area contributed by atoms with Crippen molar-refractivity contribution in [1.82, 2.24) is 19.5 Å². The van der Waals surface area contributed by atoms with Gasteiger partial charge in [-0.05, 0) is 0 Å². The molecule has 0 spiro atoms. The molecule has 2 rings (SSSR count). The molecule has 2 aromatic heterocycles. The summed E-state index contributed by atoms with van der Waals surface area (Å²) in [5.74, 6) is -0.942. The number of carbonyl (C=O) groups is 1. The Labute approximate surface area is 106 Å². The Kier molecular flexibility index (Phi) is 3.58. The number of aliphatic hydroxyl groups excluding tert-OH is 2. The molecule has 2 heterocycles. The van der Waals surface area contributed by atoms with E-state index in [1.165, 1.54) is 17.2 Å². The first-order valence-corrected chi connectivity index (χ1v) is 5.37. The molecule has 0 fully saturated rings. The van der Waals surface area contributed by atoms with E-state index in [4.69, 9.17) is 0 Å². The number of aromatic nitrogens is 4. The van der Waals surface area contributed by atoms with Crippen LogP contribution in [0.5, 0.6) is 0 Å².